The Bertz CT molecular complexity index is 319. The number of piperidine rings is 1. The molecule has 4 atom stereocenters. The molecular weight excluding hydrogens is 232 g/mol. The van der Waals surface area contributed by atoms with Crippen LogP contribution < -0.4 is 5.73 Å². The molecule has 1 fully saturated rings. The third-order valence-corrected chi connectivity index (χ3v) is 3.97. The zero-order valence-electron chi connectivity index (χ0n) is 11.4. The molecule has 18 heavy (non-hydrogen) atoms. The number of nitrogens with zero attached hydrogens (tertiary/aromatic N) is 1. The molecule has 0 aliphatic carbocycles. The second kappa shape index (κ2) is 6.18. The van der Waals surface area contributed by atoms with E-state index >= 15 is 0 Å². The minimum Gasteiger partial charge on any atom is -0.480 e. The Labute approximate surface area is 108 Å². The number of carboxylic acid groups (broad SMARTS) is 1. The fourth-order valence-electron chi connectivity index (χ4n) is 2.33. The summed E-state index contributed by atoms with van der Waals surface area (Å²) in [5.41, 5.74) is 5.91. The van der Waals surface area contributed by atoms with E-state index in [9.17, 15) is 14.7 Å². The van der Waals surface area contributed by atoms with Crippen LogP contribution in [-0.4, -0.2) is 40.5 Å². The molecule has 0 aromatic rings. The van der Waals surface area contributed by atoms with Gasteiger partial charge in [0.1, 0.15) is 6.04 Å². The van der Waals surface area contributed by atoms with Crippen LogP contribution in [0.5, 0.6) is 0 Å². The van der Waals surface area contributed by atoms with Crippen LogP contribution in [0, 0.1) is 11.8 Å². The van der Waals surface area contributed by atoms with E-state index in [-0.39, 0.29) is 11.8 Å². The second-order valence-corrected chi connectivity index (χ2v) is 5.43. The van der Waals surface area contributed by atoms with Gasteiger partial charge in [-0.2, -0.15) is 0 Å². The number of nitrogens with two attached hydrogens (primary N) is 1. The molecule has 1 aliphatic heterocycles. The summed E-state index contributed by atoms with van der Waals surface area (Å²) in [5, 5.41) is 9.22. The molecule has 0 aromatic heterocycles. The normalized spacial score (nSPS) is 27.7. The van der Waals surface area contributed by atoms with E-state index in [1.807, 2.05) is 20.8 Å². The smallest absolute Gasteiger partial charge is 0.326 e. The Kier molecular flexibility index (Phi) is 5.14. The first kappa shape index (κ1) is 15.0. The fraction of sp³-hybridized carbons (Fsp3) is 0.846. The van der Waals surface area contributed by atoms with Gasteiger partial charge >= 0.3 is 5.97 Å². The van der Waals surface area contributed by atoms with Crippen molar-refractivity contribution < 1.29 is 14.7 Å². The maximum absolute atomic E-state index is 12.3. The number of carbonyl (C=O) groups excluding carboxylic acids is 1. The molecule has 0 saturated carbocycles. The van der Waals surface area contributed by atoms with Gasteiger partial charge in [0.2, 0.25) is 5.91 Å². The molecule has 3 N–H and O–H groups in total. The van der Waals surface area contributed by atoms with E-state index in [2.05, 4.69) is 0 Å². The van der Waals surface area contributed by atoms with E-state index in [0.29, 0.717) is 18.9 Å². The summed E-state index contributed by atoms with van der Waals surface area (Å²) in [6, 6.07) is -1.30. The van der Waals surface area contributed by atoms with Crippen molar-refractivity contribution >= 4 is 11.9 Å². The Balaban J connectivity index is 2.79. The maximum atomic E-state index is 12.3. The SMILES string of the molecule is CCC(C)C(N)C(=O)N1CCC(C)CC1C(=O)O. The number of carbonyl (C=O) groups is 2. The maximum Gasteiger partial charge on any atom is 0.326 e. The molecule has 0 aromatic carbocycles. The topological polar surface area (TPSA) is 83.6 Å². The zero-order valence-corrected chi connectivity index (χ0v) is 11.4. The lowest BCUT2D eigenvalue weighted by Gasteiger charge is -2.38. The van der Waals surface area contributed by atoms with Gasteiger partial charge in [0.15, 0.2) is 0 Å². The minimum absolute atomic E-state index is 0.0753. The fourth-order valence-corrected chi connectivity index (χ4v) is 2.33. The molecule has 5 heteroatoms. The third kappa shape index (κ3) is 3.22. The van der Waals surface area contributed by atoms with E-state index in [4.69, 9.17) is 5.73 Å². The summed E-state index contributed by atoms with van der Waals surface area (Å²) in [6.07, 6.45) is 2.19. The Morgan fingerprint density at radius 3 is 2.61 bits per heavy atom. The third-order valence-electron chi connectivity index (χ3n) is 3.97. The van der Waals surface area contributed by atoms with E-state index in [0.717, 1.165) is 12.8 Å². The van der Waals surface area contributed by atoms with Gasteiger partial charge in [0, 0.05) is 6.54 Å². The highest BCUT2D eigenvalue weighted by molar-refractivity contribution is 5.87. The number of amides is 1. The standard InChI is InChI=1S/C13H24N2O3/c1-4-9(3)11(14)12(16)15-6-5-8(2)7-10(15)13(17)18/h8-11H,4-7,14H2,1-3H3,(H,17,18). The van der Waals surface area contributed by atoms with Gasteiger partial charge in [-0.05, 0) is 24.7 Å². The van der Waals surface area contributed by atoms with Gasteiger partial charge in [-0.25, -0.2) is 4.79 Å². The minimum atomic E-state index is -0.925. The molecule has 1 amide bonds. The summed E-state index contributed by atoms with van der Waals surface area (Å²) in [5.74, 6) is -0.726. The van der Waals surface area contributed by atoms with Crippen molar-refractivity contribution in [2.75, 3.05) is 6.54 Å². The van der Waals surface area contributed by atoms with Crippen LogP contribution >= 0.6 is 0 Å². The molecule has 1 heterocycles. The average Bonchev–Trinajstić information content (AvgIpc) is 2.35. The number of carboxylic acids is 1. The van der Waals surface area contributed by atoms with Crippen LogP contribution in [0.2, 0.25) is 0 Å². The predicted octanol–water partition coefficient (Wildman–Crippen LogP) is 1.07. The molecular formula is C13H24N2O3. The Morgan fingerprint density at radius 1 is 1.50 bits per heavy atom. The van der Waals surface area contributed by atoms with Crippen molar-refractivity contribution in [2.45, 2.75) is 52.1 Å². The van der Waals surface area contributed by atoms with Crippen molar-refractivity contribution in [2.24, 2.45) is 17.6 Å². The molecule has 1 saturated heterocycles. The van der Waals surface area contributed by atoms with Crippen LogP contribution in [0.1, 0.15) is 40.0 Å². The summed E-state index contributed by atoms with van der Waals surface area (Å²) < 4.78 is 0. The van der Waals surface area contributed by atoms with Crippen LogP contribution in [0.3, 0.4) is 0 Å². The number of hydrogen-bond donors (Lipinski definition) is 2. The Hall–Kier alpha value is -1.10. The second-order valence-electron chi connectivity index (χ2n) is 5.43. The highest BCUT2D eigenvalue weighted by atomic mass is 16.4. The lowest BCUT2D eigenvalue weighted by Crippen LogP contribution is -2.56. The molecule has 4 unspecified atom stereocenters. The number of hydrogen-bond acceptors (Lipinski definition) is 3. The van der Waals surface area contributed by atoms with Gasteiger partial charge in [0.25, 0.3) is 0 Å². The number of rotatable bonds is 4. The molecule has 1 rings (SSSR count). The van der Waals surface area contributed by atoms with E-state index in [1.54, 1.807) is 0 Å². The lowest BCUT2D eigenvalue weighted by molar-refractivity contribution is -0.154. The van der Waals surface area contributed by atoms with Crippen molar-refractivity contribution in [1.82, 2.24) is 4.90 Å². The summed E-state index contributed by atoms with van der Waals surface area (Å²) in [7, 11) is 0. The summed E-state index contributed by atoms with van der Waals surface area (Å²) >= 11 is 0. The average molecular weight is 256 g/mol. The van der Waals surface area contributed by atoms with Gasteiger partial charge in [0.05, 0.1) is 6.04 Å². The van der Waals surface area contributed by atoms with Crippen LogP contribution in [-0.2, 0) is 9.59 Å². The molecule has 1 aliphatic rings. The molecule has 0 radical (unpaired) electrons. The lowest BCUT2D eigenvalue weighted by atomic mass is 9.90. The highest BCUT2D eigenvalue weighted by Crippen LogP contribution is 2.24. The monoisotopic (exact) mass is 256 g/mol. The van der Waals surface area contributed by atoms with E-state index in [1.165, 1.54) is 4.90 Å². The quantitative estimate of drug-likeness (QED) is 0.788. The Morgan fingerprint density at radius 2 is 2.11 bits per heavy atom. The zero-order chi connectivity index (χ0) is 13.9. The van der Waals surface area contributed by atoms with Gasteiger partial charge < -0.3 is 15.7 Å². The van der Waals surface area contributed by atoms with Crippen molar-refractivity contribution in [3.05, 3.63) is 0 Å². The molecule has 104 valence electrons. The first-order chi connectivity index (χ1) is 8.38. The predicted molar refractivity (Wildman–Crippen MR) is 69.0 cm³/mol. The van der Waals surface area contributed by atoms with Crippen LogP contribution in [0.4, 0.5) is 0 Å². The number of aliphatic carboxylic acids is 1. The van der Waals surface area contributed by atoms with Crippen molar-refractivity contribution in [3.8, 4) is 0 Å². The van der Waals surface area contributed by atoms with Gasteiger partial charge in [-0.1, -0.05) is 27.2 Å². The van der Waals surface area contributed by atoms with E-state index < -0.39 is 18.1 Å². The number of likely N-dealkylation sites (tertiary alicyclic amines) is 1. The van der Waals surface area contributed by atoms with Crippen molar-refractivity contribution in [3.63, 3.8) is 0 Å². The molecule has 0 spiro atoms. The van der Waals surface area contributed by atoms with Crippen LogP contribution in [0.25, 0.3) is 0 Å². The highest BCUT2D eigenvalue weighted by Gasteiger charge is 2.37. The summed E-state index contributed by atoms with van der Waals surface area (Å²) in [4.78, 5) is 25.0. The van der Waals surface area contributed by atoms with Gasteiger partial charge in [-0.3, -0.25) is 4.79 Å². The first-order valence-corrected chi connectivity index (χ1v) is 6.67. The summed E-state index contributed by atoms with van der Waals surface area (Å²) in [6.45, 7) is 6.42. The molecule has 5 nitrogen and oxygen atoms in total. The van der Waals surface area contributed by atoms with Crippen molar-refractivity contribution in [1.29, 1.82) is 0 Å². The molecule has 0 bridgehead atoms. The van der Waals surface area contributed by atoms with Gasteiger partial charge in [-0.15, -0.1) is 0 Å². The van der Waals surface area contributed by atoms with Crippen LogP contribution in [0.15, 0.2) is 0 Å². The largest absolute Gasteiger partial charge is 0.480 e. The first-order valence-electron chi connectivity index (χ1n) is 6.67.